The molecule has 0 saturated heterocycles. The van der Waals surface area contributed by atoms with Gasteiger partial charge in [-0.05, 0) is 37.6 Å². The van der Waals surface area contributed by atoms with E-state index < -0.39 is 11.9 Å². The van der Waals surface area contributed by atoms with Crippen LogP contribution < -0.4 is 0 Å². The lowest BCUT2D eigenvalue weighted by Crippen LogP contribution is -2.23. The third-order valence-electron chi connectivity index (χ3n) is 2.78. The molecule has 0 aromatic heterocycles. The van der Waals surface area contributed by atoms with Crippen molar-refractivity contribution in [3.05, 3.63) is 35.4 Å². The first-order valence-electron chi connectivity index (χ1n) is 6.59. The first kappa shape index (κ1) is 16.2. The van der Waals surface area contributed by atoms with Crippen LogP contribution in [0.5, 0.6) is 0 Å². The fraction of sp³-hybridized carbons (Fsp3) is 0.467. The van der Waals surface area contributed by atoms with Crippen molar-refractivity contribution < 1.29 is 23.8 Å². The molecule has 0 aliphatic carbocycles. The van der Waals surface area contributed by atoms with E-state index in [4.69, 9.17) is 9.47 Å². The molecule has 1 aromatic carbocycles. The molecule has 1 unspecified atom stereocenters. The average Bonchev–Trinajstić information content (AvgIpc) is 2.50. The molecule has 0 N–H and O–H groups in total. The van der Waals surface area contributed by atoms with E-state index >= 15 is 0 Å². The highest BCUT2D eigenvalue weighted by atomic mass is 16.6. The normalized spacial score (nSPS) is 11.8. The molecule has 1 aromatic rings. The molecule has 0 aliphatic rings. The predicted molar refractivity (Wildman–Crippen MR) is 73.8 cm³/mol. The zero-order chi connectivity index (χ0) is 15.0. The minimum absolute atomic E-state index is 0.261. The van der Waals surface area contributed by atoms with Gasteiger partial charge in [0.2, 0.25) is 0 Å². The smallest absolute Gasteiger partial charge is 0.338 e. The Hall–Kier alpha value is -1.88. The van der Waals surface area contributed by atoms with Crippen LogP contribution in [0.4, 0.5) is 0 Å². The van der Waals surface area contributed by atoms with Gasteiger partial charge >= 0.3 is 11.9 Å². The summed E-state index contributed by atoms with van der Waals surface area (Å²) < 4.78 is 15.2. The zero-order valence-electron chi connectivity index (χ0n) is 12.0. The maximum Gasteiger partial charge on any atom is 0.338 e. The summed E-state index contributed by atoms with van der Waals surface area (Å²) in [6, 6.07) is 6.15. The Bertz CT molecular complexity index is 438. The SMILES string of the molecule is CCOCC(CC)OC(=O)c1ccc(C(=O)OC)cc1. The second kappa shape index (κ2) is 8.32. The van der Waals surface area contributed by atoms with E-state index in [1.165, 1.54) is 19.2 Å². The van der Waals surface area contributed by atoms with Crippen LogP contribution in [-0.2, 0) is 14.2 Å². The lowest BCUT2D eigenvalue weighted by Gasteiger charge is -2.15. The Morgan fingerprint density at radius 3 is 2.05 bits per heavy atom. The molecular formula is C15H20O5. The lowest BCUT2D eigenvalue weighted by atomic mass is 10.1. The third-order valence-corrected chi connectivity index (χ3v) is 2.78. The van der Waals surface area contributed by atoms with E-state index in [9.17, 15) is 9.59 Å². The van der Waals surface area contributed by atoms with Gasteiger partial charge in [-0.3, -0.25) is 0 Å². The van der Waals surface area contributed by atoms with Gasteiger partial charge < -0.3 is 14.2 Å². The number of hydrogen-bond donors (Lipinski definition) is 0. The third kappa shape index (κ3) is 4.66. The van der Waals surface area contributed by atoms with Gasteiger partial charge in [-0.2, -0.15) is 0 Å². The van der Waals surface area contributed by atoms with Crippen molar-refractivity contribution in [3.8, 4) is 0 Å². The highest BCUT2D eigenvalue weighted by molar-refractivity contribution is 5.93. The second-order valence-corrected chi connectivity index (χ2v) is 4.16. The molecule has 5 heteroatoms. The van der Waals surface area contributed by atoms with Crippen LogP contribution in [0, 0.1) is 0 Å². The summed E-state index contributed by atoms with van der Waals surface area (Å²) in [6.07, 6.45) is 0.425. The summed E-state index contributed by atoms with van der Waals surface area (Å²) in [7, 11) is 1.31. The predicted octanol–water partition coefficient (Wildman–Crippen LogP) is 2.45. The summed E-state index contributed by atoms with van der Waals surface area (Å²) in [6.45, 7) is 4.79. The number of carbonyl (C=O) groups excluding carboxylic acids is 2. The first-order valence-corrected chi connectivity index (χ1v) is 6.59. The molecule has 0 spiro atoms. The van der Waals surface area contributed by atoms with Crippen LogP contribution in [0.2, 0.25) is 0 Å². The summed E-state index contributed by atoms with van der Waals surface area (Å²) in [5.74, 6) is -0.860. The Morgan fingerprint density at radius 2 is 1.60 bits per heavy atom. The molecule has 0 radical (unpaired) electrons. The topological polar surface area (TPSA) is 61.8 Å². The van der Waals surface area contributed by atoms with Crippen molar-refractivity contribution in [2.24, 2.45) is 0 Å². The van der Waals surface area contributed by atoms with Crippen LogP contribution in [0.25, 0.3) is 0 Å². The molecule has 0 saturated carbocycles. The largest absolute Gasteiger partial charge is 0.465 e. The van der Waals surface area contributed by atoms with Crippen LogP contribution in [-0.4, -0.2) is 38.4 Å². The minimum atomic E-state index is -0.437. The van der Waals surface area contributed by atoms with Gasteiger partial charge in [-0.25, -0.2) is 9.59 Å². The Kier molecular flexibility index (Phi) is 6.73. The fourth-order valence-electron chi connectivity index (χ4n) is 1.56. The summed E-state index contributed by atoms with van der Waals surface area (Å²) in [5, 5.41) is 0. The summed E-state index contributed by atoms with van der Waals surface area (Å²) in [4.78, 5) is 23.2. The van der Waals surface area contributed by atoms with Gasteiger partial charge in [-0.15, -0.1) is 0 Å². The van der Waals surface area contributed by atoms with Crippen molar-refractivity contribution in [2.75, 3.05) is 20.3 Å². The van der Waals surface area contributed by atoms with E-state index in [-0.39, 0.29) is 6.10 Å². The van der Waals surface area contributed by atoms with Crippen molar-refractivity contribution >= 4 is 11.9 Å². The van der Waals surface area contributed by atoms with E-state index in [1.54, 1.807) is 12.1 Å². The monoisotopic (exact) mass is 280 g/mol. The van der Waals surface area contributed by atoms with Crippen molar-refractivity contribution in [3.63, 3.8) is 0 Å². The molecule has 5 nitrogen and oxygen atoms in total. The molecular weight excluding hydrogens is 260 g/mol. The Labute approximate surface area is 118 Å². The maximum absolute atomic E-state index is 11.9. The molecule has 0 heterocycles. The van der Waals surface area contributed by atoms with E-state index in [0.29, 0.717) is 30.8 Å². The van der Waals surface area contributed by atoms with E-state index in [2.05, 4.69) is 4.74 Å². The zero-order valence-corrected chi connectivity index (χ0v) is 12.0. The van der Waals surface area contributed by atoms with Crippen molar-refractivity contribution in [1.29, 1.82) is 0 Å². The lowest BCUT2D eigenvalue weighted by molar-refractivity contribution is -0.00313. The quantitative estimate of drug-likeness (QED) is 0.718. The molecule has 1 atom stereocenters. The summed E-state index contributed by atoms with van der Waals surface area (Å²) >= 11 is 0. The molecule has 1 rings (SSSR count). The number of ether oxygens (including phenoxy) is 3. The van der Waals surface area contributed by atoms with Gasteiger partial charge in [0, 0.05) is 6.61 Å². The second-order valence-electron chi connectivity index (χ2n) is 4.16. The number of methoxy groups -OCH3 is 1. The molecule has 0 amide bonds. The minimum Gasteiger partial charge on any atom is -0.465 e. The Balaban J connectivity index is 2.65. The van der Waals surface area contributed by atoms with Crippen LogP contribution in [0.3, 0.4) is 0 Å². The number of carbonyl (C=O) groups is 2. The average molecular weight is 280 g/mol. The fourth-order valence-corrected chi connectivity index (χ4v) is 1.56. The van der Waals surface area contributed by atoms with Gasteiger partial charge in [-0.1, -0.05) is 6.92 Å². The van der Waals surface area contributed by atoms with Gasteiger partial charge in [0.1, 0.15) is 6.10 Å². The highest BCUT2D eigenvalue weighted by Crippen LogP contribution is 2.10. The standard InChI is InChI=1S/C15H20O5/c1-4-13(10-19-5-2)20-15(17)12-8-6-11(7-9-12)14(16)18-3/h6-9,13H,4-5,10H2,1-3H3. The molecule has 0 aliphatic heterocycles. The van der Waals surface area contributed by atoms with Crippen molar-refractivity contribution in [2.45, 2.75) is 26.4 Å². The highest BCUT2D eigenvalue weighted by Gasteiger charge is 2.15. The molecule has 0 fully saturated rings. The Morgan fingerprint density at radius 1 is 1.05 bits per heavy atom. The van der Waals surface area contributed by atoms with Crippen molar-refractivity contribution in [1.82, 2.24) is 0 Å². The first-order chi connectivity index (χ1) is 9.62. The van der Waals surface area contributed by atoms with E-state index in [0.717, 1.165) is 0 Å². The van der Waals surface area contributed by atoms with Gasteiger partial charge in [0.15, 0.2) is 0 Å². The van der Waals surface area contributed by atoms with E-state index in [1.807, 2.05) is 13.8 Å². The molecule has 0 bridgehead atoms. The molecule has 110 valence electrons. The van der Waals surface area contributed by atoms with Crippen LogP contribution >= 0.6 is 0 Å². The maximum atomic E-state index is 11.9. The van der Waals surface area contributed by atoms with Crippen LogP contribution in [0.15, 0.2) is 24.3 Å². The number of esters is 2. The number of rotatable bonds is 7. The number of benzene rings is 1. The number of hydrogen-bond acceptors (Lipinski definition) is 5. The van der Waals surface area contributed by atoms with Crippen LogP contribution in [0.1, 0.15) is 41.0 Å². The van der Waals surface area contributed by atoms with Gasteiger partial charge in [0.05, 0.1) is 24.8 Å². The van der Waals surface area contributed by atoms with Gasteiger partial charge in [0.25, 0.3) is 0 Å². The molecule has 20 heavy (non-hydrogen) atoms. The summed E-state index contributed by atoms with van der Waals surface area (Å²) in [5.41, 5.74) is 0.790.